The first-order valence-electron chi connectivity index (χ1n) is 3.09. The van der Waals surface area contributed by atoms with Crippen molar-refractivity contribution in [1.82, 2.24) is 0 Å². The number of phenols is 1. The normalized spacial score (nSPS) is 9.64. The molecule has 2 nitrogen and oxygen atoms in total. The molecule has 1 rings (SSSR count). The maximum atomic E-state index is 12.7. The molecule has 0 bridgehead atoms. The smallest absolute Gasteiger partial charge is 0.153 e. The molecule has 0 heterocycles. The minimum absolute atomic E-state index is 0.00259. The van der Waals surface area contributed by atoms with Gasteiger partial charge in [0, 0.05) is 6.07 Å². The van der Waals surface area contributed by atoms with Crippen LogP contribution in [0.4, 0.5) is 4.39 Å². The van der Waals surface area contributed by atoms with E-state index in [1.807, 2.05) is 0 Å². The SMILES string of the molecule is Cc1cc(O)cc(F)c1C=O. The number of aromatic hydroxyl groups is 1. The van der Waals surface area contributed by atoms with Crippen LogP contribution in [0.1, 0.15) is 15.9 Å². The van der Waals surface area contributed by atoms with Gasteiger partial charge in [0.05, 0.1) is 5.56 Å². The first kappa shape index (κ1) is 7.72. The largest absolute Gasteiger partial charge is 0.508 e. The molecule has 3 heteroatoms. The third-order valence-corrected chi connectivity index (χ3v) is 1.44. The highest BCUT2D eigenvalue weighted by molar-refractivity contribution is 5.77. The number of aldehydes is 1. The van der Waals surface area contributed by atoms with Gasteiger partial charge in [-0.15, -0.1) is 0 Å². The van der Waals surface area contributed by atoms with Gasteiger partial charge in [0.15, 0.2) is 6.29 Å². The Morgan fingerprint density at radius 3 is 2.64 bits per heavy atom. The second-order valence-corrected chi connectivity index (χ2v) is 2.28. The molecule has 0 aliphatic heterocycles. The molecular formula is C8H7FO2. The quantitative estimate of drug-likeness (QED) is 0.624. The van der Waals surface area contributed by atoms with Crippen molar-refractivity contribution in [2.24, 2.45) is 0 Å². The van der Waals surface area contributed by atoms with Crippen LogP contribution in [0.5, 0.6) is 5.75 Å². The van der Waals surface area contributed by atoms with Crippen molar-refractivity contribution in [1.29, 1.82) is 0 Å². The number of aryl methyl sites for hydroxylation is 1. The summed E-state index contributed by atoms with van der Waals surface area (Å²) >= 11 is 0. The van der Waals surface area contributed by atoms with Crippen molar-refractivity contribution >= 4 is 6.29 Å². The van der Waals surface area contributed by atoms with E-state index in [0.29, 0.717) is 11.8 Å². The van der Waals surface area contributed by atoms with E-state index in [2.05, 4.69) is 0 Å². The summed E-state index contributed by atoms with van der Waals surface area (Å²) in [5, 5.41) is 8.86. The first-order valence-corrected chi connectivity index (χ1v) is 3.09. The highest BCUT2D eigenvalue weighted by Crippen LogP contribution is 2.17. The summed E-state index contributed by atoms with van der Waals surface area (Å²) < 4.78 is 12.7. The van der Waals surface area contributed by atoms with Crippen LogP contribution in [-0.2, 0) is 0 Å². The highest BCUT2D eigenvalue weighted by atomic mass is 19.1. The fraction of sp³-hybridized carbons (Fsp3) is 0.125. The summed E-state index contributed by atoms with van der Waals surface area (Å²) in [6.07, 6.45) is 0.435. The van der Waals surface area contributed by atoms with Gasteiger partial charge in [0.2, 0.25) is 0 Å². The summed E-state index contributed by atoms with van der Waals surface area (Å²) in [5.74, 6) is -0.844. The number of carbonyl (C=O) groups excluding carboxylic acids is 1. The number of carbonyl (C=O) groups is 1. The fourth-order valence-corrected chi connectivity index (χ4v) is 0.886. The van der Waals surface area contributed by atoms with Crippen LogP contribution in [0.25, 0.3) is 0 Å². The molecule has 0 amide bonds. The van der Waals surface area contributed by atoms with E-state index in [0.717, 1.165) is 6.07 Å². The molecule has 0 aliphatic carbocycles. The van der Waals surface area contributed by atoms with Crippen LogP contribution in [0, 0.1) is 12.7 Å². The number of benzene rings is 1. The van der Waals surface area contributed by atoms with Crippen molar-refractivity contribution in [3.05, 3.63) is 29.1 Å². The van der Waals surface area contributed by atoms with E-state index in [9.17, 15) is 9.18 Å². The first-order chi connectivity index (χ1) is 5.15. The summed E-state index contributed by atoms with van der Waals surface area (Å²) in [6, 6.07) is 2.25. The predicted molar refractivity (Wildman–Crippen MR) is 38.2 cm³/mol. The number of rotatable bonds is 1. The Bertz CT molecular complexity index is 271. The molecule has 0 aromatic heterocycles. The molecule has 1 aromatic rings. The molecule has 11 heavy (non-hydrogen) atoms. The molecule has 0 saturated heterocycles. The molecule has 0 radical (unpaired) electrons. The topological polar surface area (TPSA) is 37.3 Å². The van der Waals surface area contributed by atoms with Crippen LogP contribution < -0.4 is 0 Å². The molecule has 0 aliphatic rings. The summed E-state index contributed by atoms with van der Waals surface area (Å²) in [4.78, 5) is 10.2. The lowest BCUT2D eigenvalue weighted by Crippen LogP contribution is -1.91. The van der Waals surface area contributed by atoms with E-state index < -0.39 is 5.82 Å². The Morgan fingerprint density at radius 1 is 1.55 bits per heavy atom. The van der Waals surface area contributed by atoms with Crippen LogP contribution >= 0.6 is 0 Å². The van der Waals surface area contributed by atoms with E-state index in [1.54, 1.807) is 6.92 Å². The Kier molecular flexibility index (Phi) is 1.89. The van der Waals surface area contributed by atoms with Gasteiger partial charge in [-0.05, 0) is 18.6 Å². The number of phenolic OH excluding ortho intramolecular Hbond substituents is 1. The fourth-order valence-electron chi connectivity index (χ4n) is 0.886. The second kappa shape index (κ2) is 2.70. The van der Waals surface area contributed by atoms with Gasteiger partial charge in [0.1, 0.15) is 11.6 Å². The predicted octanol–water partition coefficient (Wildman–Crippen LogP) is 1.65. The zero-order chi connectivity index (χ0) is 8.43. The number of hydrogen-bond acceptors (Lipinski definition) is 2. The molecule has 0 spiro atoms. The van der Waals surface area contributed by atoms with Crippen molar-refractivity contribution in [2.75, 3.05) is 0 Å². The van der Waals surface area contributed by atoms with Gasteiger partial charge in [-0.25, -0.2) is 4.39 Å². The molecule has 0 atom stereocenters. The van der Waals surface area contributed by atoms with Gasteiger partial charge in [-0.3, -0.25) is 4.79 Å². The van der Waals surface area contributed by atoms with Crippen LogP contribution in [0.2, 0.25) is 0 Å². The summed E-state index contributed by atoms with van der Waals surface area (Å²) in [6.45, 7) is 1.56. The zero-order valence-electron chi connectivity index (χ0n) is 5.97. The summed E-state index contributed by atoms with van der Waals surface area (Å²) in [7, 11) is 0. The lowest BCUT2D eigenvalue weighted by atomic mass is 10.1. The average Bonchev–Trinajstić information content (AvgIpc) is 1.85. The van der Waals surface area contributed by atoms with Gasteiger partial charge >= 0.3 is 0 Å². The Hall–Kier alpha value is -1.38. The molecule has 1 N–H and O–H groups in total. The van der Waals surface area contributed by atoms with Crippen molar-refractivity contribution < 1.29 is 14.3 Å². The maximum Gasteiger partial charge on any atom is 0.153 e. The van der Waals surface area contributed by atoms with Gasteiger partial charge in [0.25, 0.3) is 0 Å². The van der Waals surface area contributed by atoms with Gasteiger partial charge in [-0.2, -0.15) is 0 Å². The van der Waals surface area contributed by atoms with E-state index in [1.165, 1.54) is 6.07 Å². The molecule has 0 unspecified atom stereocenters. The lowest BCUT2D eigenvalue weighted by Gasteiger charge is -1.99. The number of hydrogen-bond donors (Lipinski definition) is 1. The van der Waals surface area contributed by atoms with Crippen molar-refractivity contribution in [2.45, 2.75) is 6.92 Å². The minimum atomic E-state index is -0.683. The molecule has 1 aromatic carbocycles. The minimum Gasteiger partial charge on any atom is -0.508 e. The molecule has 0 fully saturated rings. The van der Waals surface area contributed by atoms with E-state index >= 15 is 0 Å². The zero-order valence-corrected chi connectivity index (χ0v) is 5.97. The standard InChI is InChI=1S/C8H7FO2/c1-5-2-6(11)3-8(9)7(5)4-10/h2-4,11H,1H3. The monoisotopic (exact) mass is 154 g/mol. The van der Waals surface area contributed by atoms with Crippen LogP contribution in [0.3, 0.4) is 0 Å². The van der Waals surface area contributed by atoms with Crippen molar-refractivity contribution in [3.63, 3.8) is 0 Å². The maximum absolute atomic E-state index is 12.7. The van der Waals surface area contributed by atoms with Crippen LogP contribution in [-0.4, -0.2) is 11.4 Å². The number of halogens is 1. The highest BCUT2D eigenvalue weighted by Gasteiger charge is 2.05. The van der Waals surface area contributed by atoms with Gasteiger partial charge < -0.3 is 5.11 Å². The molecule has 58 valence electrons. The summed E-state index contributed by atoms with van der Waals surface area (Å²) in [5.41, 5.74) is 0.445. The molecule has 0 saturated carbocycles. The third-order valence-electron chi connectivity index (χ3n) is 1.44. The Morgan fingerprint density at radius 2 is 2.18 bits per heavy atom. The van der Waals surface area contributed by atoms with E-state index in [4.69, 9.17) is 5.11 Å². The Balaban J connectivity index is 3.36. The third kappa shape index (κ3) is 1.37. The second-order valence-electron chi connectivity index (χ2n) is 2.28. The van der Waals surface area contributed by atoms with Crippen LogP contribution in [0.15, 0.2) is 12.1 Å². The average molecular weight is 154 g/mol. The van der Waals surface area contributed by atoms with Gasteiger partial charge in [-0.1, -0.05) is 0 Å². The Labute approximate surface area is 63.3 Å². The van der Waals surface area contributed by atoms with E-state index in [-0.39, 0.29) is 11.3 Å². The molecular weight excluding hydrogens is 147 g/mol. The van der Waals surface area contributed by atoms with Crippen molar-refractivity contribution in [3.8, 4) is 5.75 Å². The lowest BCUT2D eigenvalue weighted by molar-refractivity contribution is 0.111.